The van der Waals surface area contributed by atoms with Crippen LogP contribution in [0.2, 0.25) is 0 Å². The van der Waals surface area contributed by atoms with Gasteiger partial charge in [0.25, 0.3) is 0 Å². The molecule has 222 valence electrons. The number of carbonyl (C=O) groups excluding carboxylic acids is 1. The number of aromatic amines is 1. The van der Waals surface area contributed by atoms with Gasteiger partial charge in [-0.15, -0.1) is 0 Å². The average Bonchev–Trinajstić information content (AvgIpc) is 3.75. The Labute approximate surface area is 254 Å². The maximum Gasteiger partial charge on any atom is 0.246 e. The highest BCUT2D eigenvalue weighted by Crippen LogP contribution is 2.37. The molecule has 0 radical (unpaired) electrons. The minimum atomic E-state index is -0.0148. The van der Waals surface area contributed by atoms with Crippen molar-refractivity contribution in [3.05, 3.63) is 48.2 Å². The van der Waals surface area contributed by atoms with Gasteiger partial charge in [0.15, 0.2) is 0 Å². The maximum atomic E-state index is 12.4. The lowest BCUT2D eigenvalue weighted by atomic mass is 9.80. The van der Waals surface area contributed by atoms with Crippen LogP contribution in [-0.4, -0.2) is 94.6 Å². The van der Waals surface area contributed by atoms with E-state index in [9.17, 15) is 4.79 Å². The molecule has 4 heterocycles. The normalized spacial score (nSPS) is 20.2. The van der Waals surface area contributed by atoms with Gasteiger partial charge in [-0.05, 0) is 86.9 Å². The molecule has 1 atom stereocenters. The quantitative estimate of drug-likeness (QED) is 0.269. The molecule has 9 nitrogen and oxygen atoms in total. The van der Waals surface area contributed by atoms with Crippen LogP contribution in [0.1, 0.15) is 43.7 Å². The van der Waals surface area contributed by atoms with Crippen molar-refractivity contribution in [2.45, 2.75) is 64.6 Å². The zero-order valence-corrected chi connectivity index (χ0v) is 25.8. The number of piperidine rings is 1. The number of anilines is 2. The van der Waals surface area contributed by atoms with Gasteiger partial charge in [-0.2, -0.15) is 10.1 Å². The second kappa shape index (κ2) is 11.0. The van der Waals surface area contributed by atoms with E-state index in [4.69, 9.17) is 9.97 Å². The second-order valence-electron chi connectivity index (χ2n) is 12.8. The summed E-state index contributed by atoms with van der Waals surface area (Å²) in [5.74, 6) is 1.62. The number of aryl methyl sites for hydroxylation is 2. The summed E-state index contributed by atoms with van der Waals surface area (Å²) in [7, 11) is 2.20. The third kappa shape index (κ3) is 5.05. The lowest BCUT2D eigenvalue weighted by molar-refractivity contribution is -0.126. The van der Waals surface area contributed by atoms with E-state index in [1.165, 1.54) is 41.2 Å². The Kier molecular flexibility index (Phi) is 7.12. The van der Waals surface area contributed by atoms with Crippen LogP contribution in [0.4, 0.5) is 11.8 Å². The first-order chi connectivity index (χ1) is 20.8. The summed E-state index contributed by atoms with van der Waals surface area (Å²) >= 11 is 0. The van der Waals surface area contributed by atoms with Crippen LogP contribution in [0.25, 0.3) is 32.9 Å². The number of nitrogens with zero attached hydrogens (tertiary/aromatic N) is 6. The van der Waals surface area contributed by atoms with Gasteiger partial charge >= 0.3 is 0 Å². The number of amides is 1. The smallest absolute Gasteiger partial charge is 0.246 e. The first-order valence-corrected chi connectivity index (χ1v) is 15.8. The molecule has 0 bridgehead atoms. The molecule has 3 aliphatic rings. The standard InChI is InChI=1S/C33H41BN8O/c1-5-27(43)41-14-15-42(21(4)18-41)32-24-16-20(3)29(28-19(2)6-9-26-25(28)17-35-39-26)30(34)31(24)37-33(38-32)36-22-10-12-40(13-11-22)23-7-8-23/h5-6,9,16-17,21-23H,1,7-8,10-15,18,34H2,2-4H3,(H,35,39)(H,36,37,38)/t21-/m0/s1. The van der Waals surface area contributed by atoms with Crippen molar-refractivity contribution in [2.24, 2.45) is 0 Å². The van der Waals surface area contributed by atoms with Crippen molar-refractivity contribution in [3.8, 4) is 11.1 Å². The largest absolute Gasteiger partial charge is 0.351 e. The minimum absolute atomic E-state index is 0.0148. The summed E-state index contributed by atoms with van der Waals surface area (Å²) in [5, 5.41) is 13.4. The monoisotopic (exact) mass is 576 g/mol. The van der Waals surface area contributed by atoms with Gasteiger partial charge in [-0.3, -0.25) is 9.89 Å². The van der Waals surface area contributed by atoms with Crippen molar-refractivity contribution >= 4 is 52.8 Å². The van der Waals surface area contributed by atoms with E-state index in [-0.39, 0.29) is 11.9 Å². The highest BCUT2D eigenvalue weighted by atomic mass is 16.2. The Morgan fingerprint density at radius 2 is 1.84 bits per heavy atom. The van der Waals surface area contributed by atoms with Gasteiger partial charge in [-0.1, -0.05) is 18.1 Å². The zero-order valence-electron chi connectivity index (χ0n) is 25.8. The summed E-state index contributed by atoms with van der Waals surface area (Å²) in [4.78, 5) is 29.8. The number of carbonyl (C=O) groups is 1. The first kappa shape index (κ1) is 27.9. The number of fused-ring (bicyclic) bond motifs is 2. The molecule has 2 aliphatic heterocycles. The summed E-state index contributed by atoms with van der Waals surface area (Å²) < 4.78 is 0. The van der Waals surface area contributed by atoms with E-state index >= 15 is 0 Å². The highest BCUT2D eigenvalue weighted by molar-refractivity contribution is 6.43. The van der Waals surface area contributed by atoms with E-state index in [1.54, 1.807) is 0 Å². The molecular formula is C33H41BN8O. The number of benzene rings is 2. The fourth-order valence-corrected chi connectivity index (χ4v) is 7.34. The van der Waals surface area contributed by atoms with Gasteiger partial charge in [0.2, 0.25) is 11.9 Å². The molecule has 1 aliphatic carbocycles. The van der Waals surface area contributed by atoms with E-state index in [0.29, 0.717) is 31.6 Å². The van der Waals surface area contributed by atoms with Crippen LogP contribution >= 0.6 is 0 Å². The number of H-pyrrole nitrogens is 1. The first-order valence-electron chi connectivity index (χ1n) is 15.8. The molecule has 10 heteroatoms. The van der Waals surface area contributed by atoms with E-state index < -0.39 is 0 Å². The highest BCUT2D eigenvalue weighted by Gasteiger charge is 2.33. The molecule has 2 saturated heterocycles. The molecular weight excluding hydrogens is 535 g/mol. The number of hydrogen-bond donors (Lipinski definition) is 2. The van der Waals surface area contributed by atoms with Crippen molar-refractivity contribution < 1.29 is 4.79 Å². The summed E-state index contributed by atoms with van der Waals surface area (Å²) in [5.41, 5.74) is 7.97. The molecule has 2 N–H and O–H groups in total. The zero-order chi connectivity index (χ0) is 29.8. The fraction of sp³-hybridized carbons (Fsp3) is 0.455. The van der Waals surface area contributed by atoms with E-state index in [1.807, 2.05) is 11.1 Å². The van der Waals surface area contributed by atoms with Crippen LogP contribution in [0.15, 0.2) is 37.1 Å². The third-order valence-corrected chi connectivity index (χ3v) is 9.81. The molecule has 0 unspecified atom stereocenters. The summed E-state index contributed by atoms with van der Waals surface area (Å²) in [6.07, 6.45) is 8.25. The number of piperazine rings is 1. The van der Waals surface area contributed by atoms with Gasteiger partial charge in [0.1, 0.15) is 13.7 Å². The Hall–Kier alpha value is -3.92. The van der Waals surface area contributed by atoms with Gasteiger partial charge in [0.05, 0.1) is 17.2 Å². The summed E-state index contributed by atoms with van der Waals surface area (Å²) in [6, 6.07) is 7.79. The molecule has 3 fully saturated rings. The topological polar surface area (TPSA) is 93.3 Å². The van der Waals surface area contributed by atoms with E-state index in [0.717, 1.165) is 65.1 Å². The maximum absolute atomic E-state index is 12.4. The Bertz CT molecular complexity index is 1720. The van der Waals surface area contributed by atoms with Crippen LogP contribution in [0.5, 0.6) is 0 Å². The van der Waals surface area contributed by atoms with Crippen molar-refractivity contribution in [1.29, 1.82) is 0 Å². The number of hydrogen-bond acceptors (Lipinski definition) is 7. The van der Waals surface area contributed by atoms with Crippen LogP contribution in [0.3, 0.4) is 0 Å². The van der Waals surface area contributed by atoms with Gasteiger partial charge in [-0.25, -0.2) is 4.98 Å². The Morgan fingerprint density at radius 1 is 1.05 bits per heavy atom. The second-order valence-corrected chi connectivity index (χ2v) is 12.8. The van der Waals surface area contributed by atoms with Crippen LogP contribution < -0.4 is 15.7 Å². The molecule has 1 saturated carbocycles. The molecule has 2 aromatic heterocycles. The lowest BCUT2D eigenvalue weighted by Crippen LogP contribution is -2.53. The van der Waals surface area contributed by atoms with Crippen molar-refractivity contribution in [3.63, 3.8) is 0 Å². The molecule has 43 heavy (non-hydrogen) atoms. The van der Waals surface area contributed by atoms with Crippen LogP contribution in [0, 0.1) is 13.8 Å². The van der Waals surface area contributed by atoms with Gasteiger partial charge in [0, 0.05) is 61.6 Å². The molecule has 4 aromatic rings. The molecule has 2 aromatic carbocycles. The third-order valence-electron chi connectivity index (χ3n) is 9.81. The summed E-state index contributed by atoms with van der Waals surface area (Å²) in [6.45, 7) is 14.5. The SMILES string of the molecule is Bc1c(-c2c(C)ccc3[nH]ncc23)c(C)cc2c(N3CCN(C(=O)C=C)C[C@@H]3C)nc(NC3CCN(C4CC4)CC3)nc12. The molecule has 1 amide bonds. The molecule has 7 rings (SSSR count). The predicted octanol–water partition coefficient (Wildman–Crippen LogP) is 3.31. The fourth-order valence-electron chi connectivity index (χ4n) is 7.34. The Balaban J connectivity index is 1.33. The van der Waals surface area contributed by atoms with Gasteiger partial charge < -0.3 is 20.0 Å². The minimum Gasteiger partial charge on any atom is -0.351 e. The average molecular weight is 577 g/mol. The number of nitrogens with one attached hydrogen (secondary N) is 2. The molecule has 0 spiro atoms. The Morgan fingerprint density at radius 3 is 2.56 bits per heavy atom. The number of rotatable bonds is 6. The van der Waals surface area contributed by atoms with Crippen molar-refractivity contribution in [2.75, 3.05) is 42.9 Å². The number of aromatic nitrogens is 4. The number of likely N-dealkylation sites (tertiary alicyclic amines) is 1. The van der Waals surface area contributed by atoms with Crippen LogP contribution in [-0.2, 0) is 4.79 Å². The van der Waals surface area contributed by atoms with E-state index in [2.05, 4.69) is 78.7 Å². The predicted molar refractivity (Wildman–Crippen MR) is 177 cm³/mol. The van der Waals surface area contributed by atoms with Crippen molar-refractivity contribution in [1.82, 2.24) is 30.0 Å². The lowest BCUT2D eigenvalue weighted by Gasteiger charge is -2.41.